The molecule has 0 heterocycles. The van der Waals surface area contributed by atoms with Crippen LogP contribution in [0.15, 0.2) is 54.6 Å². The monoisotopic (exact) mass is 273 g/mol. The smallest absolute Gasteiger partial charge is 0.254 e. The van der Waals surface area contributed by atoms with Crippen LogP contribution in [0.5, 0.6) is 0 Å². The summed E-state index contributed by atoms with van der Waals surface area (Å²) < 4.78 is 18.8. The van der Waals surface area contributed by atoms with Crippen LogP contribution in [-0.2, 0) is 11.3 Å². The molecule has 0 aliphatic heterocycles. The minimum absolute atomic E-state index is 0.0514. The summed E-state index contributed by atoms with van der Waals surface area (Å²) >= 11 is 0. The van der Waals surface area contributed by atoms with E-state index < -0.39 is 11.7 Å². The van der Waals surface area contributed by atoms with E-state index in [0.717, 1.165) is 5.56 Å². The quantitative estimate of drug-likeness (QED) is 0.822. The molecule has 0 saturated heterocycles. The van der Waals surface area contributed by atoms with E-state index in [2.05, 4.69) is 5.32 Å². The molecule has 20 heavy (non-hydrogen) atoms. The van der Waals surface area contributed by atoms with Crippen molar-refractivity contribution in [3.05, 3.63) is 71.5 Å². The topological polar surface area (TPSA) is 38.3 Å². The number of hydrogen-bond acceptors (Lipinski definition) is 2. The average Bonchev–Trinajstić information content (AvgIpc) is 2.48. The van der Waals surface area contributed by atoms with Gasteiger partial charge in [0.25, 0.3) is 5.91 Å². The number of ether oxygens (including phenoxy) is 1. The molecule has 0 bridgehead atoms. The van der Waals surface area contributed by atoms with Gasteiger partial charge in [-0.05, 0) is 17.7 Å². The summed E-state index contributed by atoms with van der Waals surface area (Å²) in [5.74, 6) is -0.943. The summed E-state index contributed by atoms with van der Waals surface area (Å²) in [7, 11) is 0. The lowest BCUT2D eigenvalue weighted by atomic mass is 10.2. The Hall–Kier alpha value is -2.20. The number of halogens is 1. The van der Waals surface area contributed by atoms with Gasteiger partial charge in [0.1, 0.15) is 5.82 Å². The van der Waals surface area contributed by atoms with Crippen LogP contribution in [0.25, 0.3) is 0 Å². The van der Waals surface area contributed by atoms with Gasteiger partial charge in [-0.3, -0.25) is 4.79 Å². The Morgan fingerprint density at radius 2 is 1.75 bits per heavy atom. The molecule has 0 spiro atoms. The van der Waals surface area contributed by atoms with Crippen molar-refractivity contribution in [1.82, 2.24) is 5.32 Å². The van der Waals surface area contributed by atoms with Gasteiger partial charge in [0.05, 0.1) is 18.8 Å². The van der Waals surface area contributed by atoms with Crippen molar-refractivity contribution in [2.45, 2.75) is 6.61 Å². The van der Waals surface area contributed by atoms with E-state index in [1.807, 2.05) is 30.3 Å². The second-order valence-electron chi connectivity index (χ2n) is 4.27. The zero-order chi connectivity index (χ0) is 14.2. The molecule has 0 saturated carbocycles. The predicted molar refractivity (Wildman–Crippen MR) is 74.8 cm³/mol. The SMILES string of the molecule is O=C(NCCOCc1ccccc1)c1ccccc1F. The molecule has 3 nitrogen and oxygen atoms in total. The van der Waals surface area contributed by atoms with E-state index in [1.165, 1.54) is 12.1 Å². The number of amides is 1. The van der Waals surface area contributed by atoms with Crippen molar-refractivity contribution < 1.29 is 13.9 Å². The zero-order valence-corrected chi connectivity index (χ0v) is 11.0. The van der Waals surface area contributed by atoms with Crippen molar-refractivity contribution in [3.63, 3.8) is 0 Å². The van der Waals surface area contributed by atoms with E-state index >= 15 is 0 Å². The van der Waals surface area contributed by atoms with Gasteiger partial charge in [-0.15, -0.1) is 0 Å². The fourth-order valence-corrected chi connectivity index (χ4v) is 1.74. The van der Waals surface area contributed by atoms with E-state index in [1.54, 1.807) is 12.1 Å². The average molecular weight is 273 g/mol. The second-order valence-corrected chi connectivity index (χ2v) is 4.27. The first-order chi connectivity index (χ1) is 9.77. The molecule has 0 aromatic heterocycles. The standard InChI is InChI=1S/C16H16FNO2/c17-15-9-5-4-8-14(15)16(19)18-10-11-20-12-13-6-2-1-3-7-13/h1-9H,10-12H2,(H,18,19). The maximum Gasteiger partial charge on any atom is 0.254 e. The normalized spacial score (nSPS) is 10.2. The summed E-state index contributed by atoms with van der Waals surface area (Å²) in [5.41, 5.74) is 1.13. The second kappa shape index (κ2) is 7.40. The highest BCUT2D eigenvalue weighted by molar-refractivity contribution is 5.94. The minimum Gasteiger partial charge on any atom is -0.375 e. The molecule has 2 rings (SSSR count). The van der Waals surface area contributed by atoms with Crippen LogP contribution < -0.4 is 5.32 Å². The van der Waals surface area contributed by atoms with Crippen molar-refractivity contribution in [2.75, 3.05) is 13.2 Å². The lowest BCUT2D eigenvalue weighted by Gasteiger charge is -2.07. The van der Waals surface area contributed by atoms with Gasteiger partial charge in [0.15, 0.2) is 0 Å². The van der Waals surface area contributed by atoms with Crippen LogP contribution in [0.2, 0.25) is 0 Å². The van der Waals surface area contributed by atoms with Crippen molar-refractivity contribution >= 4 is 5.91 Å². The van der Waals surface area contributed by atoms with Crippen molar-refractivity contribution in [1.29, 1.82) is 0 Å². The van der Waals surface area contributed by atoms with Gasteiger partial charge >= 0.3 is 0 Å². The molecular formula is C16H16FNO2. The van der Waals surface area contributed by atoms with Gasteiger partial charge in [-0.25, -0.2) is 4.39 Å². The van der Waals surface area contributed by atoms with Gasteiger partial charge in [-0.2, -0.15) is 0 Å². The fourth-order valence-electron chi connectivity index (χ4n) is 1.74. The summed E-state index contributed by atoms with van der Waals surface area (Å²) in [6.45, 7) is 1.23. The number of benzene rings is 2. The zero-order valence-electron chi connectivity index (χ0n) is 11.0. The third-order valence-corrected chi connectivity index (χ3v) is 2.76. The van der Waals surface area contributed by atoms with Crippen LogP contribution in [-0.4, -0.2) is 19.1 Å². The molecule has 0 unspecified atom stereocenters. The van der Waals surface area contributed by atoms with E-state index in [4.69, 9.17) is 4.74 Å². The Bertz CT molecular complexity index is 557. The number of carbonyl (C=O) groups is 1. The third kappa shape index (κ3) is 4.17. The highest BCUT2D eigenvalue weighted by atomic mass is 19.1. The van der Waals surface area contributed by atoms with Crippen LogP contribution in [0.3, 0.4) is 0 Å². The molecule has 1 amide bonds. The van der Waals surface area contributed by atoms with Gasteiger partial charge in [0.2, 0.25) is 0 Å². The molecule has 0 fully saturated rings. The molecule has 0 atom stereocenters. The fraction of sp³-hybridized carbons (Fsp3) is 0.188. The van der Waals surface area contributed by atoms with Crippen molar-refractivity contribution in [3.8, 4) is 0 Å². The maximum atomic E-state index is 13.3. The number of hydrogen-bond donors (Lipinski definition) is 1. The van der Waals surface area contributed by atoms with E-state index in [0.29, 0.717) is 19.8 Å². The Kier molecular flexibility index (Phi) is 5.26. The molecular weight excluding hydrogens is 257 g/mol. The molecule has 2 aromatic rings. The Labute approximate surface area is 117 Å². The first-order valence-corrected chi connectivity index (χ1v) is 6.42. The minimum atomic E-state index is -0.518. The third-order valence-electron chi connectivity index (χ3n) is 2.76. The largest absolute Gasteiger partial charge is 0.375 e. The van der Waals surface area contributed by atoms with Crippen LogP contribution in [0.1, 0.15) is 15.9 Å². The van der Waals surface area contributed by atoms with Crippen LogP contribution in [0.4, 0.5) is 4.39 Å². The lowest BCUT2D eigenvalue weighted by Crippen LogP contribution is -2.27. The maximum absolute atomic E-state index is 13.3. The van der Waals surface area contributed by atoms with E-state index in [9.17, 15) is 9.18 Å². The Morgan fingerprint density at radius 3 is 2.50 bits per heavy atom. The molecule has 0 aliphatic rings. The summed E-state index contributed by atoms with van der Waals surface area (Å²) in [4.78, 5) is 11.7. The summed E-state index contributed by atoms with van der Waals surface area (Å²) in [6, 6.07) is 15.7. The molecule has 0 radical (unpaired) electrons. The van der Waals surface area contributed by atoms with Gasteiger partial charge in [-0.1, -0.05) is 42.5 Å². The van der Waals surface area contributed by atoms with Gasteiger partial charge < -0.3 is 10.1 Å². The van der Waals surface area contributed by atoms with Crippen LogP contribution >= 0.6 is 0 Å². The first kappa shape index (κ1) is 14.2. The molecule has 2 aromatic carbocycles. The van der Waals surface area contributed by atoms with Gasteiger partial charge in [0, 0.05) is 6.54 Å². The molecule has 4 heteroatoms. The summed E-state index contributed by atoms with van der Waals surface area (Å²) in [5, 5.41) is 2.62. The number of rotatable bonds is 6. The molecule has 0 aliphatic carbocycles. The lowest BCUT2D eigenvalue weighted by molar-refractivity contribution is 0.0897. The predicted octanol–water partition coefficient (Wildman–Crippen LogP) is 2.77. The van der Waals surface area contributed by atoms with E-state index in [-0.39, 0.29) is 5.56 Å². The first-order valence-electron chi connectivity index (χ1n) is 6.42. The highest BCUT2D eigenvalue weighted by Crippen LogP contribution is 2.05. The van der Waals surface area contributed by atoms with Crippen molar-refractivity contribution in [2.24, 2.45) is 0 Å². The summed E-state index contributed by atoms with van der Waals surface area (Å²) in [6.07, 6.45) is 0. The number of carbonyl (C=O) groups excluding carboxylic acids is 1. The molecule has 1 N–H and O–H groups in total. The Morgan fingerprint density at radius 1 is 1.05 bits per heavy atom. The molecule has 104 valence electrons. The van der Waals surface area contributed by atoms with Crippen LogP contribution in [0, 0.1) is 5.82 Å². The number of nitrogens with one attached hydrogen (secondary N) is 1. The Balaban J connectivity index is 1.69. The highest BCUT2D eigenvalue weighted by Gasteiger charge is 2.09.